The molecule has 0 unspecified atom stereocenters. The lowest BCUT2D eigenvalue weighted by Gasteiger charge is -2.07. The molecule has 0 bridgehead atoms. The van der Waals surface area contributed by atoms with Gasteiger partial charge in [0.2, 0.25) is 5.91 Å². The van der Waals surface area contributed by atoms with Gasteiger partial charge >= 0.3 is 0 Å². The monoisotopic (exact) mass is 307 g/mol. The van der Waals surface area contributed by atoms with Crippen molar-refractivity contribution in [2.45, 2.75) is 33.2 Å². The molecular formula is C19H21N3O. The third-order valence-corrected chi connectivity index (χ3v) is 4.04. The van der Waals surface area contributed by atoms with Crippen LogP contribution in [0.15, 0.2) is 42.5 Å². The Morgan fingerprint density at radius 2 is 2.00 bits per heavy atom. The van der Waals surface area contributed by atoms with E-state index in [1.807, 2.05) is 37.3 Å². The predicted molar refractivity (Wildman–Crippen MR) is 92.2 cm³/mol. The molecule has 1 aromatic heterocycles. The highest BCUT2D eigenvalue weighted by Gasteiger charge is 2.05. The van der Waals surface area contributed by atoms with Gasteiger partial charge in [-0.1, -0.05) is 30.3 Å². The van der Waals surface area contributed by atoms with Crippen molar-refractivity contribution in [1.82, 2.24) is 15.3 Å². The second-order valence-electron chi connectivity index (χ2n) is 5.88. The van der Waals surface area contributed by atoms with Crippen molar-refractivity contribution in [1.29, 1.82) is 0 Å². The van der Waals surface area contributed by atoms with Crippen molar-refractivity contribution < 1.29 is 4.79 Å². The second-order valence-corrected chi connectivity index (χ2v) is 5.88. The fraction of sp³-hybridized carbons (Fsp3) is 0.263. The van der Waals surface area contributed by atoms with Crippen LogP contribution in [0.1, 0.15) is 28.9 Å². The quantitative estimate of drug-likeness (QED) is 0.758. The lowest BCUT2D eigenvalue weighted by Crippen LogP contribution is -2.23. The standard InChI is InChI=1S/C19H21N3O/c1-13-5-3-4-6-16(13)8-10-19(23)20-12-15-7-9-17-18(11-15)22-14(2)21-17/h3-7,9,11H,8,10,12H2,1-2H3,(H,20,23)(H,21,22). The number of aromatic amines is 1. The molecule has 3 aromatic rings. The van der Waals surface area contributed by atoms with Gasteiger partial charge in [0.05, 0.1) is 11.0 Å². The number of carbonyl (C=O) groups is 1. The van der Waals surface area contributed by atoms with Crippen LogP contribution in [0.4, 0.5) is 0 Å². The first-order valence-corrected chi connectivity index (χ1v) is 7.88. The second kappa shape index (κ2) is 6.65. The number of amides is 1. The topological polar surface area (TPSA) is 57.8 Å². The molecule has 3 rings (SSSR count). The molecule has 0 aliphatic carbocycles. The van der Waals surface area contributed by atoms with Gasteiger partial charge < -0.3 is 10.3 Å². The maximum Gasteiger partial charge on any atom is 0.220 e. The first-order valence-electron chi connectivity index (χ1n) is 7.88. The number of fused-ring (bicyclic) bond motifs is 1. The summed E-state index contributed by atoms with van der Waals surface area (Å²) in [5.74, 6) is 0.980. The maximum absolute atomic E-state index is 12.0. The Morgan fingerprint density at radius 3 is 2.83 bits per heavy atom. The molecule has 1 amide bonds. The van der Waals surface area contributed by atoms with E-state index in [1.54, 1.807) is 0 Å². The van der Waals surface area contributed by atoms with E-state index in [4.69, 9.17) is 0 Å². The van der Waals surface area contributed by atoms with E-state index < -0.39 is 0 Å². The molecule has 0 saturated carbocycles. The number of hydrogen-bond acceptors (Lipinski definition) is 2. The normalized spacial score (nSPS) is 10.9. The number of rotatable bonds is 5. The fourth-order valence-corrected chi connectivity index (χ4v) is 2.72. The van der Waals surface area contributed by atoms with Crippen molar-refractivity contribution >= 4 is 16.9 Å². The minimum Gasteiger partial charge on any atom is -0.352 e. The third kappa shape index (κ3) is 3.77. The molecule has 4 heteroatoms. The molecule has 23 heavy (non-hydrogen) atoms. The van der Waals surface area contributed by atoms with E-state index in [1.165, 1.54) is 11.1 Å². The Kier molecular flexibility index (Phi) is 4.42. The smallest absolute Gasteiger partial charge is 0.220 e. The molecule has 2 aromatic carbocycles. The largest absolute Gasteiger partial charge is 0.352 e. The molecule has 0 aliphatic heterocycles. The number of nitrogens with zero attached hydrogens (tertiary/aromatic N) is 1. The summed E-state index contributed by atoms with van der Waals surface area (Å²) in [6, 6.07) is 14.2. The number of H-pyrrole nitrogens is 1. The number of imidazole rings is 1. The van der Waals surface area contributed by atoms with Crippen LogP contribution < -0.4 is 5.32 Å². The zero-order valence-electron chi connectivity index (χ0n) is 13.5. The van der Waals surface area contributed by atoms with Gasteiger partial charge in [-0.3, -0.25) is 4.79 Å². The number of nitrogens with one attached hydrogen (secondary N) is 2. The van der Waals surface area contributed by atoms with Crippen LogP contribution in [-0.2, 0) is 17.8 Å². The maximum atomic E-state index is 12.0. The summed E-state index contributed by atoms with van der Waals surface area (Å²) in [4.78, 5) is 19.6. The van der Waals surface area contributed by atoms with Crippen LogP contribution in [-0.4, -0.2) is 15.9 Å². The summed E-state index contributed by atoms with van der Waals surface area (Å²) in [6.45, 7) is 4.56. The number of hydrogen-bond donors (Lipinski definition) is 2. The number of benzene rings is 2. The van der Waals surface area contributed by atoms with Crippen molar-refractivity contribution in [2.24, 2.45) is 0 Å². The summed E-state index contributed by atoms with van der Waals surface area (Å²) in [7, 11) is 0. The van der Waals surface area contributed by atoms with Gasteiger partial charge in [-0.2, -0.15) is 0 Å². The molecule has 0 saturated heterocycles. The van der Waals surface area contributed by atoms with Crippen LogP contribution >= 0.6 is 0 Å². The third-order valence-electron chi connectivity index (χ3n) is 4.04. The zero-order valence-corrected chi connectivity index (χ0v) is 13.5. The van der Waals surface area contributed by atoms with Gasteiger partial charge in [0, 0.05) is 13.0 Å². The van der Waals surface area contributed by atoms with Crippen molar-refractivity contribution in [3.63, 3.8) is 0 Å². The van der Waals surface area contributed by atoms with Crippen molar-refractivity contribution in [3.8, 4) is 0 Å². The van der Waals surface area contributed by atoms with E-state index in [0.717, 1.165) is 28.8 Å². The van der Waals surface area contributed by atoms with E-state index in [9.17, 15) is 4.79 Å². The molecule has 0 fully saturated rings. The number of aromatic nitrogens is 2. The zero-order chi connectivity index (χ0) is 16.2. The SMILES string of the molecule is Cc1nc2ccc(CNC(=O)CCc3ccccc3C)cc2[nH]1. The highest BCUT2D eigenvalue weighted by atomic mass is 16.1. The molecule has 0 atom stereocenters. The van der Waals surface area contributed by atoms with Crippen LogP contribution in [0.5, 0.6) is 0 Å². The van der Waals surface area contributed by atoms with E-state index >= 15 is 0 Å². The van der Waals surface area contributed by atoms with Crippen molar-refractivity contribution in [3.05, 3.63) is 65.0 Å². The molecule has 4 nitrogen and oxygen atoms in total. The molecule has 0 spiro atoms. The summed E-state index contributed by atoms with van der Waals surface area (Å²) in [5, 5.41) is 2.99. The molecular weight excluding hydrogens is 286 g/mol. The molecule has 1 heterocycles. The van der Waals surface area contributed by atoms with Gasteiger partial charge in [0.25, 0.3) is 0 Å². The Hall–Kier alpha value is -2.62. The molecule has 0 aliphatic rings. The van der Waals surface area contributed by atoms with Gasteiger partial charge in [-0.05, 0) is 49.1 Å². The van der Waals surface area contributed by atoms with Crippen LogP contribution in [0.25, 0.3) is 11.0 Å². The van der Waals surface area contributed by atoms with Gasteiger partial charge in [0.1, 0.15) is 5.82 Å². The molecule has 2 N–H and O–H groups in total. The highest BCUT2D eigenvalue weighted by Crippen LogP contribution is 2.13. The number of aryl methyl sites for hydroxylation is 3. The van der Waals surface area contributed by atoms with Crippen LogP contribution in [0.2, 0.25) is 0 Å². The van der Waals surface area contributed by atoms with Crippen LogP contribution in [0.3, 0.4) is 0 Å². The van der Waals surface area contributed by atoms with Gasteiger partial charge in [0.15, 0.2) is 0 Å². The molecule has 0 radical (unpaired) electrons. The summed E-state index contributed by atoms with van der Waals surface area (Å²) >= 11 is 0. The van der Waals surface area contributed by atoms with E-state index in [0.29, 0.717) is 13.0 Å². The minimum absolute atomic E-state index is 0.0779. The van der Waals surface area contributed by atoms with Crippen LogP contribution in [0, 0.1) is 13.8 Å². The number of carbonyl (C=O) groups excluding carboxylic acids is 1. The van der Waals surface area contributed by atoms with Crippen molar-refractivity contribution in [2.75, 3.05) is 0 Å². The van der Waals surface area contributed by atoms with Gasteiger partial charge in [-0.25, -0.2) is 4.98 Å². The lowest BCUT2D eigenvalue weighted by atomic mass is 10.0. The summed E-state index contributed by atoms with van der Waals surface area (Å²) < 4.78 is 0. The highest BCUT2D eigenvalue weighted by molar-refractivity contribution is 5.77. The first-order chi connectivity index (χ1) is 11.1. The average Bonchev–Trinajstić information content (AvgIpc) is 2.91. The fourth-order valence-electron chi connectivity index (χ4n) is 2.72. The van der Waals surface area contributed by atoms with E-state index in [-0.39, 0.29) is 5.91 Å². The Bertz CT molecular complexity index is 836. The average molecular weight is 307 g/mol. The minimum atomic E-state index is 0.0779. The lowest BCUT2D eigenvalue weighted by molar-refractivity contribution is -0.121. The van der Waals surface area contributed by atoms with Gasteiger partial charge in [-0.15, -0.1) is 0 Å². The summed E-state index contributed by atoms with van der Waals surface area (Å²) in [6.07, 6.45) is 1.29. The van der Waals surface area contributed by atoms with E-state index in [2.05, 4.69) is 34.3 Å². The predicted octanol–water partition coefficient (Wildman–Crippen LogP) is 3.43. The molecule has 118 valence electrons. The Balaban J connectivity index is 1.54. The summed E-state index contributed by atoms with van der Waals surface area (Å²) in [5.41, 5.74) is 5.51. The Labute approximate surface area is 136 Å². The first kappa shape index (κ1) is 15.3. The Morgan fingerprint density at radius 1 is 1.17 bits per heavy atom.